The normalized spacial score (nSPS) is 27.8. The van der Waals surface area contributed by atoms with Gasteiger partial charge in [-0.25, -0.2) is 0 Å². The molecule has 0 N–H and O–H groups in total. The van der Waals surface area contributed by atoms with Crippen LogP contribution in [0.15, 0.2) is 0 Å². The molecule has 1 atom stereocenters. The van der Waals surface area contributed by atoms with Gasteiger partial charge >= 0.3 is 0 Å². The van der Waals surface area contributed by atoms with E-state index in [9.17, 15) is 0 Å². The Bertz CT molecular complexity index is 72.5. The minimum Gasteiger partial charge on any atom is -0.119 e. The summed E-state index contributed by atoms with van der Waals surface area (Å²) < 4.78 is 0. The summed E-state index contributed by atoms with van der Waals surface area (Å²) in [5.41, 5.74) is 0. The van der Waals surface area contributed by atoms with E-state index < -0.39 is 0 Å². The first-order valence-electron chi connectivity index (χ1n) is 3.46. The average molecular weight is 130 g/mol. The lowest BCUT2D eigenvalue weighted by Gasteiger charge is -2.19. The molecule has 0 spiro atoms. The maximum atomic E-state index is 2.43. The summed E-state index contributed by atoms with van der Waals surface area (Å²) in [4.78, 5) is 0. The zero-order valence-electron chi connectivity index (χ0n) is 5.83. The Morgan fingerprint density at radius 1 is 1.25 bits per heavy atom. The SMILES string of the molecule is CPC1(C)CCCC1. The molecule has 1 unspecified atom stereocenters. The second kappa shape index (κ2) is 2.35. The lowest BCUT2D eigenvalue weighted by molar-refractivity contribution is 0.667. The predicted octanol–water partition coefficient (Wildman–Crippen LogP) is 2.63. The molecule has 1 fully saturated rings. The fourth-order valence-electron chi connectivity index (χ4n) is 1.41. The third kappa shape index (κ3) is 1.23. The van der Waals surface area contributed by atoms with Crippen LogP contribution in [0.2, 0.25) is 0 Å². The Balaban J connectivity index is 2.40. The lowest BCUT2D eigenvalue weighted by atomic mass is 10.1. The van der Waals surface area contributed by atoms with Gasteiger partial charge < -0.3 is 0 Å². The average Bonchev–Trinajstić information content (AvgIpc) is 2.17. The molecule has 48 valence electrons. The zero-order chi connectivity index (χ0) is 6.04. The molecule has 0 saturated heterocycles. The standard InChI is InChI=1S/C7H15P/c1-7(8-2)5-3-4-6-7/h8H,3-6H2,1-2H3. The molecule has 0 heterocycles. The van der Waals surface area contributed by atoms with Gasteiger partial charge in [-0.15, -0.1) is 8.58 Å². The summed E-state index contributed by atoms with van der Waals surface area (Å²) in [6, 6.07) is 0. The summed E-state index contributed by atoms with van der Waals surface area (Å²) in [5, 5.41) is 0.764. The molecule has 0 aliphatic heterocycles. The van der Waals surface area contributed by atoms with Gasteiger partial charge in [0.1, 0.15) is 0 Å². The first-order chi connectivity index (χ1) is 3.77. The maximum Gasteiger partial charge on any atom is -0.0153 e. The van der Waals surface area contributed by atoms with Gasteiger partial charge in [0.05, 0.1) is 0 Å². The molecular weight excluding hydrogens is 115 g/mol. The van der Waals surface area contributed by atoms with Crippen molar-refractivity contribution < 1.29 is 0 Å². The van der Waals surface area contributed by atoms with E-state index in [1.165, 1.54) is 25.7 Å². The van der Waals surface area contributed by atoms with E-state index in [-0.39, 0.29) is 0 Å². The van der Waals surface area contributed by atoms with Gasteiger partial charge in [0.2, 0.25) is 0 Å². The predicted molar refractivity (Wildman–Crippen MR) is 41.1 cm³/mol. The van der Waals surface area contributed by atoms with Gasteiger partial charge in [0.15, 0.2) is 0 Å². The molecule has 0 aromatic rings. The maximum absolute atomic E-state index is 2.43. The van der Waals surface area contributed by atoms with Crippen LogP contribution in [0.1, 0.15) is 32.6 Å². The fraction of sp³-hybridized carbons (Fsp3) is 1.00. The highest BCUT2D eigenvalue weighted by atomic mass is 31.1. The van der Waals surface area contributed by atoms with Gasteiger partial charge in [0, 0.05) is 0 Å². The van der Waals surface area contributed by atoms with E-state index in [2.05, 4.69) is 13.6 Å². The van der Waals surface area contributed by atoms with Gasteiger partial charge in [-0.1, -0.05) is 19.8 Å². The van der Waals surface area contributed by atoms with Crippen molar-refractivity contribution in [3.63, 3.8) is 0 Å². The van der Waals surface area contributed by atoms with E-state index in [1.54, 1.807) is 0 Å². The second-order valence-electron chi connectivity index (χ2n) is 3.02. The number of hydrogen-bond donors (Lipinski definition) is 0. The second-order valence-corrected chi connectivity index (χ2v) is 4.72. The summed E-state index contributed by atoms with van der Waals surface area (Å²) in [7, 11) is 1.16. The molecule has 8 heavy (non-hydrogen) atoms. The topological polar surface area (TPSA) is 0 Å². The Morgan fingerprint density at radius 3 is 2.00 bits per heavy atom. The molecule has 0 aromatic heterocycles. The molecule has 1 rings (SSSR count). The van der Waals surface area contributed by atoms with Crippen LogP contribution in [-0.2, 0) is 0 Å². The molecule has 0 nitrogen and oxygen atoms in total. The summed E-state index contributed by atoms with van der Waals surface area (Å²) in [6.45, 7) is 4.77. The van der Waals surface area contributed by atoms with Crippen molar-refractivity contribution in [3.05, 3.63) is 0 Å². The summed E-state index contributed by atoms with van der Waals surface area (Å²) in [6.07, 6.45) is 5.94. The molecule has 0 radical (unpaired) electrons. The number of hydrogen-bond acceptors (Lipinski definition) is 0. The molecule has 1 aliphatic carbocycles. The Morgan fingerprint density at radius 2 is 1.75 bits per heavy atom. The van der Waals surface area contributed by atoms with Crippen LogP contribution < -0.4 is 0 Å². The van der Waals surface area contributed by atoms with Crippen molar-refractivity contribution in [1.82, 2.24) is 0 Å². The minimum atomic E-state index is 0.764. The Labute approximate surface area is 53.8 Å². The van der Waals surface area contributed by atoms with Crippen LogP contribution in [0, 0.1) is 0 Å². The quantitative estimate of drug-likeness (QED) is 0.478. The van der Waals surface area contributed by atoms with E-state index in [0.717, 1.165) is 13.7 Å². The molecule has 0 aromatic carbocycles. The van der Waals surface area contributed by atoms with E-state index in [0.29, 0.717) is 0 Å². The molecule has 0 amide bonds. The third-order valence-corrected chi connectivity index (χ3v) is 4.02. The van der Waals surface area contributed by atoms with Crippen LogP contribution in [0.4, 0.5) is 0 Å². The van der Waals surface area contributed by atoms with E-state index in [4.69, 9.17) is 0 Å². The van der Waals surface area contributed by atoms with Crippen molar-refractivity contribution in [1.29, 1.82) is 0 Å². The largest absolute Gasteiger partial charge is 0.119 e. The van der Waals surface area contributed by atoms with Gasteiger partial charge in [-0.2, -0.15) is 0 Å². The summed E-state index contributed by atoms with van der Waals surface area (Å²) in [5.74, 6) is 0. The van der Waals surface area contributed by atoms with Crippen LogP contribution in [0.5, 0.6) is 0 Å². The Kier molecular flexibility index (Phi) is 1.92. The molecule has 1 aliphatic rings. The fourth-order valence-corrected chi connectivity index (χ4v) is 2.26. The van der Waals surface area contributed by atoms with Crippen LogP contribution in [0.3, 0.4) is 0 Å². The van der Waals surface area contributed by atoms with Crippen LogP contribution in [0.25, 0.3) is 0 Å². The zero-order valence-corrected chi connectivity index (χ0v) is 6.83. The van der Waals surface area contributed by atoms with Gasteiger partial charge in [-0.05, 0) is 24.7 Å². The monoisotopic (exact) mass is 130 g/mol. The molecular formula is C7H15P. The highest BCUT2D eigenvalue weighted by Crippen LogP contribution is 2.43. The van der Waals surface area contributed by atoms with Crippen molar-refractivity contribution in [2.45, 2.75) is 37.8 Å². The highest BCUT2D eigenvalue weighted by molar-refractivity contribution is 7.39. The number of rotatable bonds is 1. The summed E-state index contributed by atoms with van der Waals surface area (Å²) >= 11 is 0. The first kappa shape index (κ1) is 6.55. The molecule has 0 bridgehead atoms. The van der Waals surface area contributed by atoms with Crippen molar-refractivity contribution >= 4 is 8.58 Å². The third-order valence-electron chi connectivity index (χ3n) is 2.31. The van der Waals surface area contributed by atoms with Crippen LogP contribution >= 0.6 is 8.58 Å². The van der Waals surface area contributed by atoms with Gasteiger partial charge in [-0.3, -0.25) is 0 Å². The van der Waals surface area contributed by atoms with Crippen molar-refractivity contribution in [3.8, 4) is 0 Å². The molecule has 1 heteroatoms. The smallest absolute Gasteiger partial charge is 0.0153 e. The Hall–Kier alpha value is 0.430. The minimum absolute atomic E-state index is 0.764. The van der Waals surface area contributed by atoms with Gasteiger partial charge in [0.25, 0.3) is 0 Å². The van der Waals surface area contributed by atoms with E-state index >= 15 is 0 Å². The first-order valence-corrected chi connectivity index (χ1v) is 4.96. The van der Waals surface area contributed by atoms with Crippen molar-refractivity contribution in [2.75, 3.05) is 6.66 Å². The highest BCUT2D eigenvalue weighted by Gasteiger charge is 2.25. The van der Waals surface area contributed by atoms with Crippen LogP contribution in [-0.4, -0.2) is 11.8 Å². The van der Waals surface area contributed by atoms with E-state index in [1.807, 2.05) is 0 Å². The lowest BCUT2D eigenvalue weighted by Crippen LogP contribution is -2.10. The van der Waals surface area contributed by atoms with Crippen molar-refractivity contribution in [2.24, 2.45) is 0 Å². The molecule has 1 saturated carbocycles.